The molecule has 1 N–H and O–H groups in total. The molecule has 0 aliphatic rings. The summed E-state index contributed by atoms with van der Waals surface area (Å²) in [6.45, 7) is 1.37. The highest BCUT2D eigenvalue weighted by molar-refractivity contribution is 5.93. The lowest BCUT2D eigenvalue weighted by atomic mass is 10.2. The first-order chi connectivity index (χ1) is 12.9. The van der Waals surface area contributed by atoms with E-state index in [2.05, 4.69) is 15.4 Å². The lowest BCUT2D eigenvalue weighted by molar-refractivity contribution is -0.119. The Balaban J connectivity index is 1.89. The van der Waals surface area contributed by atoms with Gasteiger partial charge >= 0.3 is 0 Å². The molecule has 27 heavy (non-hydrogen) atoms. The average molecular weight is 374 g/mol. The van der Waals surface area contributed by atoms with Crippen molar-refractivity contribution in [1.29, 1.82) is 0 Å². The van der Waals surface area contributed by atoms with Crippen molar-refractivity contribution in [3.63, 3.8) is 0 Å². The van der Waals surface area contributed by atoms with Crippen LogP contribution in [-0.4, -0.2) is 20.7 Å². The first kappa shape index (κ1) is 18.3. The van der Waals surface area contributed by atoms with Crippen molar-refractivity contribution in [1.82, 2.24) is 14.8 Å². The zero-order chi connectivity index (χ0) is 19.6. The van der Waals surface area contributed by atoms with Crippen LogP contribution in [-0.2, 0) is 4.79 Å². The van der Waals surface area contributed by atoms with Gasteiger partial charge in [-0.2, -0.15) is 5.10 Å². The fraction of sp³-hybridized carbons (Fsp3) is 0.111. The number of halogens is 3. The van der Waals surface area contributed by atoms with E-state index in [1.165, 1.54) is 19.1 Å². The zero-order valence-electron chi connectivity index (χ0n) is 14.0. The predicted molar refractivity (Wildman–Crippen MR) is 91.4 cm³/mol. The summed E-state index contributed by atoms with van der Waals surface area (Å²) in [5, 5.41) is 6.28. The maximum atomic E-state index is 13.7. The van der Waals surface area contributed by atoms with Crippen LogP contribution in [0.2, 0.25) is 0 Å². The Kier molecular flexibility index (Phi) is 5.02. The smallest absolute Gasteiger partial charge is 0.267 e. The minimum atomic E-state index is -1.70. The minimum Gasteiger partial charge on any atom is -0.322 e. The first-order valence-corrected chi connectivity index (χ1v) is 7.83. The molecule has 6 nitrogen and oxygen atoms in total. The van der Waals surface area contributed by atoms with E-state index in [1.807, 2.05) is 0 Å². The van der Waals surface area contributed by atoms with Gasteiger partial charge in [-0.1, -0.05) is 0 Å². The molecule has 3 aromatic rings. The Morgan fingerprint density at radius 1 is 1.04 bits per heavy atom. The summed E-state index contributed by atoms with van der Waals surface area (Å²) in [4.78, 5) is 28.3. The number of amides is 1. The topological polar surface area (TPSA) is 76.9 Å². The third-order valence-electron chi connectivity index (χ3n) is 3.84. The maximum Gasteiger partial charge on any atom is 0.267 e. The van der Waals surface area contributed by atoms with Crippen molar-refractivity contribution < 1.29 is 18.0 Å². The van der Waals surface area contributed by atoms with Crippen LogP contribution in [0.3, 0.4) is 0 Å². The number of nitrogens with one attached hydrogen (secondary N) is 1. The Bertz CT molecular complexity index is 1050. The van der Waals surface area contributed by atoms with Crippen molar-refractivity contribution in [2.45, 2.75) is 13.0 Å². The molecule has 0 aliphatic carbocycles. The van der Waals surface area contributed by atoms with E-state index in [9.17, 15) is 22.8 Å². The lowest BCUT2D eigenvalue weighted by Crippen LogP contribution is -2.33. The standard InChI is InChI=1S/C18H13F3N4O2/c1-10(18(27)23-14-3-2-12(19)16(20)17(14)21)25-15(26)5-4-13(24-25)11-6-8-22-9-7-11/h2-10H,1H3,(H,23,27). The van der Waals surface area contributed by atoms with Crippen LogP contribution in [0, 0.1) is 17.5 Å². The summed E-state index contributed by atoms with van der Waals surface area (Å²) in [6, 6.07) is 6.54. The van der Waals surface area contributed by atoms with Gasteiger partial charge in [0.25, 0.3) is 5.56 Å². The van der Waals surface area contributed by atoms with Gasteiger partial charge in [0.15, 0.2) is 17.5 Å². The number of rotatable bonds is 4. The fourth-order valence-corrected chi connectivity index (χ4v) is 2.35. The number of anilines is 1. The van der Waals surface area contributed by atoms with Gasteiger partial charge in [-0.15, -0.1) is 0 Å². The van der Waals surface area contributed by atoms with Gasteiger partial charge in [0.05, 0.1) is 11.4 Å². The highest BCUT2D eigenvalue weighted by Crippen LogP contribution is 2.21. The van der Waals surface area contributed by atoms with E-state index in [0.29, 0.717) is 17.3 Å². The van der Waals surface area contributed by atoms with Gasteiger partial charge in [-0.05, 0) is 37.3 Å². The van der Waals surface area contributed by atoms with E-state index in [-0.39, 0.29) is 0 Å². The third-order valence-corrected chi connectivity index (χ3v) is 3.84. The molecule has 0 saturated heterocycles. The van der Waals surface area contributed by atoms with Crippen LogP contribution in [0.5, 0.6) is 0 Å². The molecule has 0 saturated carbocycles. The molecule has 2 heterocycles. The number of pyridine rings is 1. The van der Waals surface area contributed by atoms with Gasteiger partial charge in [0.1, 0.15) is 6.04 Å². The fourth-order valence-electron chi connectivity index (χ4n) is 2.35. The van der Waals surface area contributed by atoms with Crippen LogP contribution in [0.1, 0.15) is 13.0 Å². The summed E-state index contributed by atoms with van der Waals surface area (Å²) in [6.07, 6.45) is 3.10. The van der Waals surface area contributed by atoms with Gasteiger partial charge < -0.3 is 5.32 Å². The number of nitrogens with zero attached hydrogens (tertiary/aromatic N) is 3. The predicted octanol–water partition coefficient (Wildman–Crippen LogP) is 2.92. The van der Waals surface area contributed by atoms with Crippen LogP contribution >= 0.6 is 0 Å². The van der Waals surface area contributed by atoms with Crippen LogP contribution in [0.15, 0.2) is 53.6 Å². The number of carbonyl (C=O) groups excluding carboxylic acids is 1. The highest BCUT2D eigenvalue weighted by atomic mass is 19.2. The Morgan fingerprint density at radius 3 is 2.44 bits per heavy atom. The van der Waals surface area contributed by atoms with Crippen molar-refractivity contribution in [3.05, 3.63) is 76.6 Å². The van der Waals surface area contributed by atoms with E-state index in [0.717, 1.165) is 10.7 Å². The first-order valence-electron chi connectivity index (χ1n) is 7.83. The molecule has 1 amide bonds. The molecule has 1 atom stereocenters. The highest BCUT2D eigenvalue weighted by Gasteiger charge is 2.21. The SMILES string of the molecule is CC(C(=O)Nc1ccc(F)c(F)c1F)n1nc(-c2ccncc2)ccc1=O. The molecule has 3 rings (SSSR count). The van der Waals surface area contributed by atoms with E-state index >= 15 is 0 Å². The second-order valence-electron chi connectivity index (χ2n) is 5.63. The number of carbonyl (C=O) groups is 1. The molecule has 0 aliphatic heterocycles. The van der Waals surface area contributed by atoms with Gasteiger partial charge in [-0.3, -0.25) is 14.6 Å². The second kappa shape index (κ2) is 7.40. The molecular formula is C18H13F3N4O2. The largest absolute Gasteiger partial charge is 0.322 e. The van der Waals surface area contributed by atoms with Crippen LogP contribution in [0.4, 0.5) is 18.9 Å². The van der Waals surface area contributed by atoms with Crippen LogP contribution in [0.25, 0.3) is 11.3 Å². The molecule has 138 valence electrons. The molecule has 0 radical (unpaired) electrons. The number of hydrogen-bond donors (Lipinski definition) is 1. The van der Waals surface area contributed by atoms with E-state index < -0.39 is 40.6 Å². The zero-order valence-corrected chi connectivity index (χ0v) is 14.0. The van der Waals surface area contributed by atoms with Crippen molar-refractivity contribution in [2.24, 2.45) is 0 Å². The van der Waals surface area contributed by atoms with Crippen molar-refractivity contribution >= 4 is 11.6 Å². The molecule has 1 unspecified atom stereocenters. The van der Waals surface area contributed by atoms with Gasteiger partial charge in [0.2, 0.25) is 5.91 Å². The molecule has 0 spiro atoms. The molecule has 0 fully saturated rings. The minimum absolute atomic E-state index is 0.427. The number of aromatic nitrogens is 3. The molecule has 2 aromatic heterocycles. The summed E-state index contributed by atoms with van der Waals surface area (Å²) < 4.78 is 40.9. The molecule has 1 aromatic carbocycles. The molecular weight excluding hydrogens is 361 g/mol. The van der Waals surface area contributed by atoms with E-state index in [1.54, 1.807) is 24.5 Å². The van der Waals surface area contributed by atoms with Crippen molar-refractivity contribution in [3.8, 4) is 11.3 Å². The van der Waals surface area contributed by atoms with Gasteiger partial charge in [-0.25, -0.2) is 17.9 Å². The molecule has 0 bridgehead atoms. The normalized spacial score (nSPS) is 11.9. The quantitative estimate of drug-likeness (QED) is 0.713. The third kappa shape index (κ3) is 3.71. The summed E-state index contributed by atoms with van der Waals surface area (Å²) in [5.41, 5.74) is 0.0129. The Labute approximate surface area is 151 Å². The number of benzene rings is 1. The second-order valence-corrected chi connectivity index (χ2v) is 5.63. The van der Waals surface area contributed by atoms with E-state index in [4.69, 9.17) is 0 Å². The Morgan fingerprint density at radius 2 is 1.74 bits per heavy atom. The summed E-state index contributed by atoms with van der Waals surface area (Å²) in [5.74, 6) is -5.42. The molecule has 9 heteroatoms. The average Bonchev–Trinajstić information content (AvgIpc) is 2.69. The summed E-state index contributed by atoms with van der Waals surface area (Å²) in [7, 11) is 0. The monoisotopic (exact) mass is 374 g/mol. The summed E-state index contributed by atoms with van der Waals surface area (Å²) >= 11 is 0. The number of hydrogen-bond acceptors (Lipinski definition) is 4. The Hall–Kier alpha value is -3.49. The van der Waals surface area contributed by atoms with Crippen LogP contribution < -0.4 is 10.9 Å². The van der Waals surface area contributed by atoms with Crippen molar-refractivity contribution in [2.75, 3.05) is 5.32 Å². The maximum absolute atomic E-state index is 13.7. The van der Waals surface area contributed by atoms with Gasteiger partial charge in [0, 0.05) is 24.0 Å². The lowest BCUT2D eigenvalue weighted by Gasteiger charge is -2.15.